The lowest BCUT2D eigenvalue weighted by atomic mass is 10.2. The molecule has 1 N–H and O–H groups in total. The molecule has 1 aliphatic heterocycles. The van der Waals surface area contributed by atoms with Crippen LogP contribution in [0, 0.1) is 5.82 Å². The van der Waals surface area contributed by atoms with Crippen molar-refractivity contribution in [1.82, 2.24) is 15.1 Å². The molecular weight excluding hydrogens is 337 g/mol. The average Bonchev–Trinajstić information content (AvgIpc) is 2.63. The Labute approximate surface area is 152 Å². The van der Waals surface area contributed by atoms with Gasteiger partial charge in [0.25, 0.3) is 5.91 Å². The highest BCUT2D eigenvalue weighted by atomic mass is 32.1. The highest BCUT2D eigenvalue weighted by Gasteiger charge is 2.21. The average molecular weight is 357 g/mol. The summed E-state index contributed by atoms with van der Waals surface area (Å²) in [6.07, 6.45) is 0. The maximum absolute atomic E-state index is 13.7. The van der Waals surface area contributed by atoms with Crippen LogP contribution in [0.5, 0.6) is 0 Å². The van der Waals surface area contributed by atoms with Gasteiger partial charge in [0.2, 0.25) is 0 Å². The minimum atomic E-state index is -0.546. The lowest BCUT2D eigenvalue weighted by molar-refractivity contribution is 0.0965. The SMILES string of the molecule is O=C(NC(=S)N1CCN(Cc2ccccc2)CC1)c1ccccc1F. The highest BCUT2D eigenvalue weighted by Crippen LogP contribution is 2.10. The van der Waals surface area contributed by atoms with Gasteiger partial charge in [-0.2, -0.15) is 0 Å². The molecule has 25 heavy (non-hydrogen) atoms. The van der Waals surface area contributed by atoms with Crippen LogP contribution < -0.4 is 5.32 Å². The number of rotatable bonds is 3. The number of benzene rings is 2. The molecule has 3 rings (SSSR count). The molecule has 2 aromatic carbocycles. The summed E-state index contributed by atoms with van der Waals surface area (Å²) in [4.78, 5) is 16.5. The summed E-state index contributed by atoms with van der Waals surface area (Å²) in [5.41, 5.74) is 1.29. The molecule has 0 saturated carbocycles. The second-order valence-electron chi connectivity index (χ2n) is 5.99. The van der Waals surface area contributed by atoms with Gasteiger partial charge < -0.3 is 4.90 Å². The summed E-state index contributed by atoms with van der Waals surface area (Å²) in [5, 5.41) is 2.99. The van der Waals surface area contributed by atoms with Gasteiger partial charge in [-0.15, -0.1) is 0 Å². The molecule has 0 aromatic heterocycles. The summed E-state index contributed by atoms with van der Waals surface area (Å²) >= 11 is 5.31. The molecule has 1 saturated heterocycles. The van der Waals surface area contributed by atoms with Crippen LogP contribution in [0.15, 0.2) is 54.6 Å². The first kappa shape index (κ1) is 17.5. The van der Waals surface area contributed by atoms with Crippen LogP contribution in [0.2, 0.25) is 0 Å². The Hall–Kier alpha value is -2.31. The maximum Gasteiger partial charge on any atom is 0.260 e. The minimum absolute atomic E-state index is 0.00700. The van der Waals surface area contributed by atoms with Crippen molar-refractivity contribution in [2.75, 3.05) is 26.2 Å². The first-order valence-corrected chi connectivity index (χ1v) is 8.65. The van der Waals surface area contributed by atoms with E-state index in [1.165, 1.54) is 17.7 Å². The van der Waals surface area contributed by atoms with E-state index < -0.39 is 11.7 Å². The van der Waals surface area contributed by atoms with Gasteiger partial charge >= 0.3 is 0 Å². The van der Waals surface area contributed by atoms with Gasteiger partial charge in [-0.3, -0.25) is 15.0 Å². The molecule has 1 fully saturated rings. The Bertz CT molecular complexity index is 745. The normalized spacial score (nSPS) is 15.0. The van der Waals surface area contributed by atoms with Crippen LogP contribution in [0.1, 0.15) is 15.9 Å². The van der Waals surface area contributed by atoms with E-state index in [1.807, 2.05) is 23.1 Å². The third-order valence-electron chi connectivity index (χ3n) is 4.25. The zero-order valence-corrected chi connectivity index (χ0v) is 14.6. The second-order valence-corrected chi connectivity index (χ2v) is 6.37. The van der Waals surface area contributed by atoms with Crippen LogP contribution >= 0.6 is 12.2 Å². The van der Waals surface area contributed by atoms with Gasteiger partial charge in [0.05, 0.1) is 5.56 Å². The fraction of sp³-hybridized carbons (Fsp3) is 0.263. The largest absolute Gasteiger partial charge is 0.346 e. The highest BCUT2D eigenvalue weighted by molar-refractivity contribution is 7.80. The summed E-state index contributed by atoms with van der Waals surface area (Å²) in [6, 6.07) is 16.2. The van der Waals surface area contributed by atoms with Crippen molar-refractivity contribution < 1.29 is 9.18 Å². The van der Waals surface area contributed by atoms with Crippen molar-refractivity contribution >= 4 is 23.2 Å². The molecule has 0 bridgehead atoms. The van der Waals surface area contributed by atoms with Crippen molar-refractivity contribution in [1.29, 1.82) is 0 Å². The lowest BCUT2D eigenvalue weighted by Crippen LogP contribution is -2.52. The Kier molecular flexibility index (Phi) is 5.73. The smallest absolute Gasteiger partial charge is 0.260 e. The van der Waals surface area contributed by atoms with Crippen molar-refractivity contribution in [3.8, 4) is 0 Å². The number of carbonyl (C=O) groups is 1. The van der Waals surface area contributed by atoms with Crippen molar-refractivity contribution in [2.45, 2.75) is 6.54 Å². The predicted molar refractivity (Wildman–Crippen MR) is 99.8 cm³/mol. The minimum Gasteiger partial charge on any atom is -0.346 e. The van der Waals surface area contributed by atoms with Crippen molar-refractivity contribution in [3.63, 3.8) is 0 Å². The Morgan fingerprint density at radius 3 is 2.32 bits per heavy atom. The Morgan fingerprint density at radius 2 is 1.64 bits per heavy atom. The van der Waals surface area contributed by atoms with E-state index in [2.05, 4.69) is 22.3 Å². The van der Waals surface area contributed by atoms with Gasteiger partial charge in [0, 0.05) is 32.7 Å². The quantitative estimate of drug-likeness (QED) is 0.857. The molecule has 0 spiro atoms. The first-order valence-electron chi connectivity index (χ1n) is 8.24. The monoisotopic (exact) mass is 357 g/mol. The number of nitrogens with one attached hydrogen (secondary N) is 1. The van der Waals surface area contributed by atoms with Crippen LogP contribution in [0.3, 0.4) is 0 Å². The van der Waals surface area contributed by atoms with Crippen LogP contribution in [-0.2, 0) is 6.54 Å². The fourth-order valence-electron chi connectivity index (χ4n) is 2.84. The number of hydrogen-bond acceptors (Lipinski definition) is 3. The fourth-order valence-corrected chi connectivity index (χ4v) is 3.11. The Morgan fingerprint density at radius 1 is 1.00 bits per heavy atom. The summed E-state index contributed by atoms with van der Waals surface area (Å²) in [7, 11) is 0. The van der Waals surface area contributed by atoms with Gasteiger partial charge in [-0.25, -0.2) is 4.39 Å². The zero-order valence-electron chi connectivity index (χ0n) is 13.8. The summed E-state index contributed by atoms with van der Waals surface area (Å²) < 4.78 is 13.7. The van der Waals surface area contributed by atoms with Crippen LogP contribution in [-0.4, -0.2) is 47.0 Å². The summed E-state index contributed by atoms with van der Waals surface area (Å²) in [6.45, 7) is 4.12. The standard InChI is InChI=1S/C19H20FN3OS/c20-17-9-5-4-8-16(17)18(24)21-19(25)23-12-10-22(11-13-23)14-15-6-2-1-3-7-15/h1-9H,10-14H2,(H,21,24,25). The maximum atomic E-state index is 13.7. The topological polar surface area (TPSA) is 35.6 Å². The molecule has 4 nitrogen and oxygen atoms in total. The number of nitrogens with zero attached hydrogens (tertiary/aromatic N) is 2. The molecule has 0 atom stereocenters. The molecule has 6 heteroatoms. The van der Waals surface area contributed by atoms with Crippen LogP contribution in [0.4, 0.5) is 4.39 Å². The van der Waals surface area contributed by atoms with E-state index in [-0.39, 0.29) is 5.56 Å². The number of amides is 1. The Balaban J connectivity index is 1.50. The number of hydrogen-bond donors (Lipinski definition) is 1. The molecule has 130 valence electrons. The molecule has 1 amide bonds. The molecule has 2 aromatic rings. The molecule has 1 aliphatic rings. The van der Waals surface area contributed by atoms with Gasteiger partial charge in [-0.1, -0.05) is 42.5 Å². The molecule has 1 heterocycles. The number of carbonyl (C=O) groups excluding carboxylic acids is 1. The first-order chi connectivity index (χ1) is 12.1. The van der Waals surface area contributed by atoms with E-state index in [4.69, 9.17) is 12.2 Å². The predicted octanol–water partition coefficient (Wildman–Crippen LogP) is 2.66. The molecule has 0 radical (unpaired) electrons. The number of thiocarbonyl (C=S) groups is 1. The molecule has 0 unspecified atom stereocenters. The zero-order chi connectivity index (χ0) is 17.6. The number of piperazine rings is 1. The lowest BCUT2D eigenvalue weighted by Gasteiger charge is -2.36. The van der Waals surface area contributed by atoms with E-state index in [9.17, 15) is 9.18 Å². The second kappa shape index (κ2) is 8.18. The van der Waals surface area contributed by atoms with Crippen molar-refractivity contribution in [3.05, 3.63) is 71.5 Å². The van der Waals surface area contributed by atoms with Crippen LogP contribution in [0.25, 0.3) is 0 Å². The van der Waals surface area contributed by atoms with E-state index in [0.717, 1.165) is 32.7 Å². The van der Waals surface area contributed by atoms with Gasteiger partial charge in [-0.05, 0) is 29.9 Å². The van der Waals surface area contributed by atoms with E-state index >= 15 is 0 Å². The van der Waals surface area contributed by atoms with Crippen molar-refractivity contribution in [2.24, 2.45) is 0 Å². The number of halogens is 1. The van der Waals surface area contributed by atoms with Gasteiger partial charge in [0.15, 0.2) is 5.11 Å². The molecule has 0 aliphatic carbocycles. The third-order valence-corrected chi connectivity index (χ3v) is 4.61. The summed E-state index contributed by atoms with van der Waals surface area (Å²) in [5.74, 6) is -1.05. The van der Waals surface area contributed by atoms with E-state index in [0.29, 0.717) is 5.11 Å². The van der Waals surface area contributed by atoms with E-state index in [1.54, 1.807) is 12.1 Å². The van der Waals surface area contributed by atoms with Gasteiger partial charge in [0.1, 0.15) is 5.82 Å². The molecular formula is C19H20FN3OS. The third kappa shape index (κ3) is 4.61.